The van der Waals surface area contributed by atoms with Crippen molar-refractivity contribution >= 4 is 10.0 Å². The Labute approximate surface area is 219 Å². The van der Waals surface area contributed by atoms with Crippen molar-refractivity contribution in [1.29, 1.82) is 0 Å². The molecular formula is C30H34N2O4S. The Kier molecular flexibility index (Phi) is 5.77. The summed E-state index contributed by atoms with van der Waals surface area (Å²) in [6, 6.07) is 22.6. The molecule has 1 fully saturated rings. The number of nitrogens with zero attached hydrogens (tertiary/aromatic N) is 2. The smallest absolute Gasteiger partial charge is 0.242 e. The highest BCUT2D eigenvalue weighted by Gasteiger charge is 2.53. The van der Waals surface area contributed by atoms with Crippen molar-refractivity contribution in [1.82, 2.24) is 9.21 Å². The summed E-state index contributed by atoms with van der Waals surface area (Å²) in [6.07, 6.45) is 2.01. The fraction of sp³-hybridized carbons (Fsp3) is 0.400. The molecule has 7 heteroatoms. The van der Waals surface area contributed by atoms with Crippen LogP contribution in [-0.4, -0.2) is 63.6 Å². The SMILES string of the molecule is COc1ccc(S(=O)(=O)N(C)C)c(C2(O)CCN(CC34CC(c5ccccc53)c3ccccc34)CC2)c1. The van der Waals surface area contributed by atoms with Crippen LogP contribution in [0.5, 0.6) is 5.75 Å². The van der Waals surface area contributed by atoms with Gasteiger partial charge in [-0.05, 0) is 59.7 Å². The van der Waals surface area contributed by atoms with E-state index >= 15 is 0 Å². The van der Waals surface area contributed by atoms with Crippen LogP contribution in [0.1, 0.15) is 53.0 Å². The van der Waals surface area contributed by atoms with Gasteiger partial charge in [0.2, 0.25) is 10.0 Å². The minimum atomic E-state index is -3.72. The van der Waals surface area contributed by atoms with Crippen LogP contribution in [0.2, 0.25) is 0 Å². The maximum atomic E-state index is 13.1. The molecular weight excluding hydrogens is 484 g/mol. The lowest BCUT2D eigenvalue weighted by molar-refractivity contribution is -0.0312. The van der Waals surface area contributed by atoms with Crippen molar-refractivity contribution in [2.45, 2.75) is 41.1 Å². The van der Waals surface area contributed by atoms with Gasteiger partial charge in [0.25, 0.3) is 0 Å². The van der Waals surface area contributed by atoms with E-state index in [1.54, 1.807) is 25.3 Å². The van der Waals surface area contributed by atoms with Gasteiger partial charge in [-0.15, -0.1) is 0 Å². The topological polar surface area (TPSA) is 70.1 Å². The Morgan fingerprint density at radius 3 is 2.11 bits per heavy atom. The molecule has 0 spiro atoms. The van der Waals surface area contributed by atoms with Gasteiger partial charge in [0, 0.05) is 50.6 Å². The summed E-state index contributed by atoms with van der Waals surface area (Å²) >= 11 is 0. The lowest BCUT2D eigenvalue weighted by atomic mass is 9.74. The molecule has 0 amide bonds. The molecule has 3 aliphatic rings. The third-order valence-corrected chi connectivity index (χ3v) is 10.8. The van der Waals surface area contributed by atoms with Crippen LogP contribution in [0.15, 0.2) is 71.6 Å². The van der Waals surface area contributed by atoms with E-state index in [0.717, 1.165) is 13.0 Å². The summed E-state index contributed by atoms with van der Waals surface area (Å²) < 4.78 is 32.8. The summed E-state index contributed by atoms with van der Waals surface area (Å²) in [4.78, 5) is 2.60. The molecule has 0 aromatic heterocycles. The summed E-state index contributed by atoms with van der Waals surface area (Å²) in [5, 5.41) is 11.8. The molecule has 0 radical (unpaired) electrons. The number of benzene rings is 3. The molecule has 1 heterocycles. The minimum Gasteiger partial charge on any atom is -0.497 e. The highest BCUT2D eigenvalue weighted by atomic mass is 32.2. The second-order valence-electron chi connectivity index (χ2n) is 11.0. The molecule has 1 aliphatic heterocycles. The number of hydrogen-bond acceptors (Lipinski definition) is 5. The molecule has 1 saturated heterocycles. The molecule has 2 bridgehead atoms. The van der Waals surface area contributed by atoms with Crippen molar-refractivity contribution in [3.63, 3.8) is 0 Å². The van der Waals surface area contributed by atoms with Gasteiger partial charge in [0.15, 0.2) is 0 Å². The van der Waals surface area contributed by atoms with Crippen molar-refractivity contribution < 1.29 is 18.3 Å². The zero-order valence-electron chi connectivity index (χ0n) is 21.6. The molecule has 3 aromatic rings. The number of sulfonamides is 1. The van der Waals surface area contributed by atoms with Crippen LogP contribution < -0.4 is 4.74 Å². The van der Waals surface area contributed by atoms with Crippen molar-refractivity contribution in [3.8, 4) is 5.75 Å². The van der Waals surface area contributed by atoms with E-state index in [2.05, 4.69) is 53.4 Å². The lowest BCUT2D eigenvalue weighted by Crippen LogP contribution is -2.48. The Balaban J connectivity index is 1.30. The number of piperidine rings is 1. The van der Waals surface area contributed by atoms with E-state index in [0.29, 0.717) is 43.2 Å². The zero-order valence-corrected chi connectivity index (χ0v) is 22.5. The Hall–Kier alpha value is -2.71. The zero-order chi connectivity index (χ0) is 26.0. The Bertz CT molecular complexity index is 1410. The first-order chi connectivity index (χ1) is 17.7. The van der Waals surface area contributed by atoms with Gasteiger partial charge < -0.3 is 14.7 Å². The van der Waals surface area contributed by atoms with Gasteiger partial charge in [-0.3, -0.25) is 0 Å². The molecule has 3 aromatic carbocycles. The number of likely N-dealkylation sites (tertiary alicyclic amines) is 1. The van der Waals surface area contributed by atoms with Gasteiger partial charge in [-0.1, -0.05) is 48.5 Å². The number of fused-ring (bicyclic) bond motifs is 8. The summed E-state index contributed by atoms with van der Waals surface area (Å²) in [7, 11) is 0.860. The quantitative estimate of drug-likeness (QED) is 0.533. The Morgan fingerprint density at radius 1 is 0.946 bits per heavy atom. The Morgan fingerprint density at radius 2 is 1.54 bits per heavy atom. The second-order valence-corrected chi connectivity index (χ2v) is 13.1. The van der Waals surface area contributed by atoms with E-state index in [1.165, 1.54) is 40.7 Å². The number of hydrogen-bond donors (Lipinski definition) is 1. The first-order valence-electron chi connectivity index (χ1n) is 12.9. The first-order valence-corrected chi connectivity index (χ1v) is 14.4. The highest BCUT2D eigenvalue weighted by molar-refractivity contribution is 7.89. The van der Waals surface area contributed by atoms with Crippen LogP contribution in [0.4, 0.5) is 0 Å². The monoisotopic (exact) mass is 518 g/mol. The van der Waals surface area contributed by atoms with Crippen LogP contribution in [0.3, 0.4) is 0 Å². The van der Waals surface area contributed by atoms with Crippen LogP contribution >= 0.6 is 0 Å². The molecule has 6 rings (SSSR count). The van der Waals surface area contributed by atoms with Gasteiger partial charge in [-0.25, -0.2) is 12.7 Å². The molecule has 0 saturated carbocycles. The summed E-state index contributed by atoms with van der Waals surface area (Å²) in [5.74, 6) is 0.989. The van der Waals surface area contributed by atoms with Crippen LogP contribution in [0, 0.1) is 0 Å². The third-order valence-electron chi connectivity index (χ3n) is 8.88. The van der Waals surface area contributed by atoms with E-state index in [1.807, 2.05) is 0 Å². The number of rotatable bonds is 6. The van der Waals surface area contributed by atoms with Gasteiger partial charge in [-0.2, -0.15) is 0 Å². The fourth-order valence-corrected chi connectivity index (χ4v) is 8.12. The van der Waals surface area contributed by atoms with Gasteiger partial charge in [0.05, 0.1) is 17.6 Å². The van der Waals surface area contributed by atoms with Crippen molar-refractivity contribution in [2.75, 3.05) is 40.8 Å². The fourth-order valence-electron chi connectivity index (χ4n) is 6.96. The second kappa shape index (κ2) is 8.67. The van der Waals surface area contributed by atoms with E-state index in [-0.39, 0.29) is 10.3 Å². The molecule has 0 unspecified atom stereocenters. The maximum absolute atomic E-state index is 13.1. The largest absolute Gasteiger partial charge is 0.497 e. The van der Waals surface area contributed by atoms with E-state index in [4.69, 9.17) is 4.74 Å². The number of ether oxygens (including phenoxy) is 1. The molecule has 194 valence electrons. The average Bonchev–Trinajstić information content (AvgIpc) is 3.42. The van der Waals surface area contributed by atoms with Crippen LogP contribution in [-0.2, 0) is 21.0 Å². The first kappa shape index (κ1) is 24.6. The van der Waals surface area contributed by atoms with Gasteiger partial charge >= 0.3 is 0 Å². The third kappa shape index (κ3) is 3.67. The van der Waals surface area contributed by atoms with E-state index < -0.39 is 15.6 Å². The standard InChI is InChI=1S/C30H34N2O4S/c1-31(2)37(34,35)28-13-12-21(36-3)18-27(28)30(33)14-16-32(17-15-30)20-29-19-24(22-8-4-6-10-25(22)29)23-9-5-7-11-26(23)29/h4-13,18,24,33H,14-17,19-20H2,1-3H3. The van der Waals surface area contributed by atoms with Crippen molar-refractivity contribution in [2.24, 2.45) is 0 Å². The predicted molar refractivity (Wildman–Crippen MR) is 144 cm³/mol. The summed E-state index contributed by atoms with van der Waals surface area (Å²) in [6.45, 7) is 2.27. The maximum Gasteiger partial charge on any atom is 0.242 e. The predicted octanol–water partition coefficient (Wildman–Crippen LogP) is 4.06. The molecule has 6 nitrogen and oxygen atoms in total. The number of aliphatic hydroxyl groups is 1. The van der Waals surface area contributed by atoms with Gasteiger partial charge in [0.1, 0.15) is 5.75 Å². The van der Waals surface area contributed by atoms with Crippen LogP contribution in [0.25, 0.3) is 0 Å². The average molecular weight is 519 g/mol. The normalized spacial score (nSPS) is 24.2. The minimum absolute atomic E-state index is 0.0390. The van der Waals surface area contributed by atoms with E-state index in [9.17, 15) is 13.5 Å². The van der Waals surface area contributed by atoms with Crippen molar-refractivity contribution in [3.05, 3.63) is 94.5 Å². The number of methoxy groups -OCH3 is 1. The molecule has 2 aliphatic carbocycles. The highest BCUT2D eigenvalue weighted by Crippen LogP contribution is 2.60. The summed E-state index contributed by atoms with van der Waals surface area (Å²) in [5.41, 5.74) is 4.91. The molecule has 0 atom stereocenters. The molecule has 1 N–H and O–H groups in total. The molecule has 37 heavy (non-hydrogen) atoms. The lowest BCUT2D eigenvalue weighted by Gasteiger charge is -2.43.